The van der Waals surface area contributed by atoms with Crippen LogP contribution in [0.3, 0.4) is 0 Å². The van der Waals surface area contributed by atoms with Crippen LogP contribution < -0.4 is 9.46 Å². The Morgan fingerprint density at radius 1 is 1.35 bits per heavy atom. The quantitative estimate of drug-likeness (QED) is 0.925. The summed E-state index contributed by atoms with van der Waals surface area (Å²) in [5, 5.41) is 0. The van der Waals surface area contributed by atoms with Gasteiger partial charge in [-0.1, -0.05) is 0 Å². The van der Waals surface area contributed by atoms with Gasteiger partial charge < -0.3 is 4.74 Å². The van der Waals surface area contributed by atoms with E-state index in [2.05, 4.69) is 25.4 Å². The van der Waals surface area contributed by atoms with Gasteiger partial charge in [-0.25, -0.2) is 8.42 Å². The molecule has 9 heteroatoms. The highest BCUT2D eigenvalue weighted by molar-refractivity contribution is 9.10. The van der Waals surface area contributed by atoms with Crippen molar-refractivity contribution in [1.82, 2.24) is 0 Å². The minimum atomic E-state index is -4.80. The lowest BCUT2D eigenvalue weighted by Gasteiger charge is -2.11. The molecule has 1 rings (SSSR count). The lowest BCUT2D eigenvalue weighted by Crippen LogP contribution is -2.17. The molecule has 0 aliphatic rings. The number of nitrogens with one attached hydrogen (secondary N) is 1. The Kier molecular flexibility index (Phi) is 3.92. The number of halogens is 4. The van der Waals surface area contributed by atoms with Crippen LogP contribution in [0, 0.1) is 0 Å². The van der Waals surface area contributed by atoms with Crippen LogP contribution in [0.2, 0.25) is 0 Å². The molecule has 17 heavy (non-hydrogen) atoms. The van der Waals surface area contributed by atoms with Crippen molar-refractivity contribution in [1.29, 1.82) is 0 Å². The molecule has 0 saturated carbocycles. The molecule has 0 unspecified atom stereocenters. The van der Waals surface area contributed by atoms with Crippen LogP contribution in [0.25, 0.3) is 0 Å². The third-order valence-corrected chi connectivity index (χ3v) is 2.69. The van der Waals surface area contributed by atoms with Crippen molar-refractivity contribution < 1.29 is 26.3 Å². The number of rotatable bonds is 3. The predicted octanol–water partition coefficient (Wildman–Crippen LogP) is 2.72. The Labute approximate surface area is 104 Å². The van der Waals surface area contributed by atoms with E-state index >= 15 is 0 Å². The van der Waals surface area contributed by atoms with Crippen molar-refractivity contribution in [3.05, 3.63) is 22.7 Å². The summed E-state index contributed by atoms with van der Waals surface area (Å²) < 4.78 is 63.4. The highest BCUT2D eigenvalue weighted by atomic mass is 79.9. The number of hydrogen-bond acceptors (Lipinski definition) is 3. The van der Waals surface area contributed by atoms with Crippen molar-refractivity contribution >= 4 is 31.6 Å². The van der Waals surface area contributed by atoms with Gasteiger partial charge in [-0.15, -0.1) is 13.2 Å². The number of sulfonamides is 1. The van der Waals surface area contributed by atoms with E-state index in [1.54, 1.807) is 0 Å². The molecule has 0 fully saturated rings. The summed E-state index contributed by atoms with van der Waals surface area (Å²) in [6.07, 6.45) is -3.87. The van der Waals surface area contributed by atoms with Gasteiger partial charge >= 0.3 is 6.36 Å². The summed E-state index contributed by atoms with van der Waals surface area (Å²) in [6.45, 7) is 0. The molecule has 0 aromatic heterocycles. The first-order valence-corrected chi connectivity index (χ1v) is 6.78. The number of hydrogen-bond donors (Lipinski definition) is 1. The molecule has 1 aromatic rings. The number of ether oxygens (including phenoxy) is 1. The summed E-state index contributed by atoms with van der Waals surface area (Å²) in [5.74, 6) is -0.448. The molecule has 0 spiro atoms. The predicted molar refractivity (Wildman–Crippen MR) is 59.3 cm³/mol. The van der Waals surface area contributed by atoms with Crippen LogP contribution in [0.4, 0.5) is 18.9 Å². The first-order valence-electron chi connectivity index (χ1n) is 4.10. The Bertz CT molecular complexity index is 515. The van der Waals surface area contributed by atoms with Crippen molar-refractivity contribution in [2.45, 2.75) is 6.36 Å². The lowest BCUT2D eigenvalue weighted by molar-refractivity contribution is -0.274. The topological polar surface area (TPSA) is 55.4 Å². The first-order chi connectivity index (χ1) is 7.57. The van der Waals surface area contributed by atoms with Gasteiger partial charge in [0.1, 0.15) is 5.75 Å². The number of anilines is 1. The molecule has 4 nitrogen and oxygen atoms in total. The third-order valence-electron chi connectivity index (χ3n) is 1.46. The minimum absolute atomic E-state index is 0.0107. The van der Waals surface area contributed by atoms with Gasteiger partial charge in [0, 0.05) is 5.69 Å². The molecule has 0 amide bonds. The molecule has 96 valence electrons. The fourth-order valence-electron chi connectivity index (χ4n) is 0.986. The second kappa shape index (κ2) is 4.73. The average molecular weight is 334 g/mol. The molecule has 0 radical (unpaired) electrons. The average Bonchev–Trinajstić information content (AvgIpc) is 2.05. The van der Waals surface area contributed by atoms with Gasteiger partial charge in [-0.05, 0) is 34.1 Å². The van der Waals surface area contributed by atoms with Crippen LogP contribution in [0.5, 0.6) is 5.75 Å². The zero-order valence-corrected chi connectivity index (χ0v) is 10.8. The molecule has 0 atom stereocenters. The van der Waals surface area contributed by atoms with Crippen molar-refractivity contribution in [3.63, 3.8) is 0 Å². The fourth-order valence-corrected chi connectivity index (χ4v) is 2.00. The zero-order valence-electron chi connectivity index (χ0n) is 8.38. The highest BCUT2D eigenvalue weighted by Crippen LogP contribution is 2.32. The van der Waals surface area contributed by atoms with Crippen molar-refractivity contribution in [2.75, 3.05) is 11.0 Å². The number of alkyl halides is 3. The summed E-state index contributed by atoms with van der Waals surface area (Å²) in [4.78, 5) is 0. The summed E-state index contributed by atoms with van der Waals surface area (Å²) in [6, 6.07) is 3.33. The lowest BCUT2D eigenvalue weighted by atomic mass is 10.3. The maximum atomic E-state index is 11.9. The molecular formula is C8H7BrF3NO3S. The molecule has 1 N–H and O–H groups in total. The van der Waals surface area contributed by atoms with Crippen molar-refractivity contribution in [3.8, 4) is 5.75 Å². The van der Waals surface area contributed by atoms with Crippen LogP contribution in [0.1, 0.15) is 0 Å². The van der Waals surface area contributed by atoms with Gasteiger partial charge in [0.2, 0.25) is 10.0 Å². The maximum absolute atomic E-state index is 11.9. The smallest absolute Gasteiger partial charge is 0.405 e. The van der Waals surface area contributed by atoms with Gasteiger partial charge in [0.05, 0.1) is 10.7 Å². The van der Waals surface area contributed by atoms with Gasteiger partial charge in [-0.2, -0.15) is 0 Å². The molecule has 0 bridgehead atoms. The zero-order chi connectivity index (χ0) is 13.3. The van der Waals surface area contributed by atoms with E-state index in [1.807, 2.05) is 0 Å². The van der Waals surface area contributed by atoms with Gasteiger partial charge in [-0.3, -0.25) is 4.72 Å². The van der Waals surface area contributed by atoms with Crippen LogP contribution in [-0.2, 0) is 10.0 Å². The van der Waals surface area contributed by atoms with E-state index in [0.29, 0.717) is 0 Å². The van der Waals surface area contributed by atoms with Crippen LogP contribution in [0.15, 0.2) is 22.7 Å². The summed E-state index contributed by atoms with van der Waals surface area (Å²) in [7, 11) is -3.48. The highest BCUT2D eigenvalue weighted by Gasteiger charge is 2.31. The normalized spacial score (nSPS) is 12.3. The molecule has 1 aromatic carbocycles. The van der Waals surface area contributed by atoms with Gasteiger partial charge in [0.25, 0.3) is 0 Å². The van der Waals surface area contributed by atoms with Crippen LogP contribution in [-0.4, -0.2) is 21.0 Å². The SMILES string of the molecule is CS(=O)(=O)Nc1ccc(OC(F)(F)F)c(Br)c1. The molecular weight excluding hydrogens is 327 g/mol. The van der Waals surface area contributed by atoms with E-state index in [0.717, 1.165) is 18.4 Å². The molecule has 0 aliphatic carbocycles. The van der Waals surface area contributed by atoms with E-state index in [-0.39, 0.29) is 10.2 Å². The number of benzene rings is 1. The summed E-state index contributed by atoms with van der Waals surface area (Å²) in [5.41, 5.74) is 0.133. The maximum Gasteiger partial charge on any atom is 0.573 e. The van der Waals surface area contributed by atoms with Crippen molar-refractivity contribution in [2.24, 2.45) is 0 Å². The fraction of sp³-hybridized carbons (Fsp3) is 0.250. The third kappa shape index (κ3) is 5.26. The molecule has 0 heterocycles. The Morgan fingerprint density at radius 2 is 1.94 bits per heavy atom. The minimum Gasteiger partial charge on any atom is -0.405 e. The van der Waals surface area contributed by atoms with Crippen LogP contribution >= 0.6 is 15.9 Å². The van der Waals surface area contributed by atoms with Gasteiger partial charge in [0.15, 0.2) is 0 Å². The second-order valence-electron chi connectivity index (χ2n) is 3.07. The first kappa shape index (κ1) is 14.1. The second-order valence-corrected chi connectivity index (χ2v) is 5.67. The Morgan fingerprint density at radius 3 is 2.35 bits per heavy atom. The molecule has 0 aliphatic heterocycles. The standard InChI is InChI=1S/C8H7BrF3NO3S/c1-17(14,15)13-5-2-3-7(6(9)4-5)16-8(10,11)12/h2-4,13H,1H3. The van der Waals surface area contributed by atoms with E-state index in [9.17, 15) is 21.6 Å². The largest absolute Gasteiger partial charge is 0.573 e. The Hall–Kier alpha value is -0.960. The monoisotopic (exact) mass is 333 g/mol. The molecule has 0 saturated heterocycles. The van der Waals surface area contributed by atoms with E-state index < -0.39 is 22.1 Å². The van der Waals surface area contributed by atoms with E-state index in [1.165, 1.54) is 6.07 Å². The summed E-state index contributed by atoms with van der Waals surface area (Å²) >= 11 is 2.85. The van der Waals surface area contributed by atoms with E-state index in [4.69, 9.17) is 0 Å². The Balaban J connectivity index is 2.94.